The Bertz CT molecular complexity index is 841. The number of hydrogen-bond acceptors (Lipinski definition) is 2. The summed E-state index contributed by atoms with van der Waals surface area (Å²) < 4.78 is 2.73. The first-order valence-corrected chi connectivity index (χ1v) is 8.09. The van der Waals surface area contributed by atoms with Gasteiger partial charge in [0.15, 0.2) is 0 Å². The maximum absolute atomic E-state index is 12.4. The minimum Gasteiger partial charge on any atom is -0.322 e. The Kier molecular flexibility index (Phi) is 4.50. The number of hydrogen-bond donors (Lipinski definition) is 1. The van der Waals surface area contributed by atoms with E-state index in [0.29, 0.717) is 16.3 Å². The van der Waals surface area contributed by atoms with E-state index < -0.39 is 0 Å². The van der Waals surface area contributed by atoms with E-state index in [1.165, 1.54) is 0 Å². The minimum absolute atomic E-state index is 0.201. The van der Waals surface area contributed by atoms with Crippen LogP contribution < -0.4 is 5.32 Å². The van der Waals surface area contributed by atoms with Crippen LogP contribution in [0.25, 0.3) is 5.69 Å². The second-order valence-electron chi connectivity index (χ2n) is 4.99. The summed E-state index contributed by atoms with van der Waals surface area (Å²) in [7, 11) is 0. The highest BCUT2D eigenvalue weighted by molar-refractivity contribution is 9.10. The van der Waals surface area contributed by atoms with Gasteiger partial charge in [0.25, 0.3) is 5.91 Å². The average molecular weight is 391 g/mol. The summed E-state index contributed by atoms with van der Waals surface area (Å²) in [6.07, 6.45) is 1.57. The fraction of sp³-hybridized carbons (Fsp3) is 0.0588. The van der Waals surface area contributed by atoms with Gasteiger partial charge in [0.2, 0.25) is 0 Å². The molecule has 2 aromatic carbocycles. The van der Waals surface area contributed by atoms with Crippen LogP contribution in [-0.4, -0.2) is 15.7 Å². The van der Waals surface area contributed by atoms with Crippen LogP contribution in [0.3, 0.4) is 0 Å². The lowest BCUT2D eigenvalue weighted by Crippen LogP contribution is -2.13. The zero-order valence-electron chi connectivity index (χ0n) is 12.3. The molecule has 0 fully saturated rings. The van der Waals surface area contributed by atoms with Crippen molar-refractivity contribution >= 4 is 39.1 Å². The van der Waals surface area contributed by atoms with Crippen molar-refractivity contribution in [2.45, 2.75) is 6.92 Å². The predicted octanol–water partition coefficient (Wildman–Crippen LogP) is 4.85. The van der Waals surface area contributed by atoms with Gasteiger partial charge in [-0.3, -0.25) is 4.79 Å². The van der Waals surface area contributed by atoms with Crippen molar-refractivity contribution < 1.29 is 4.79 Å². The summed E-state index contributed by atoms with van der Waals surface area (Å²) in [5.74, 6) is -0.201. The molecule has 0 saturated carbocycles. The SMILES string of the molecule is Cc1c(C(=O)Nc2ccc(Cl)cc2)cnn1-c1ccc(Br)cc1. The number of rotatable bonds is 3. The van der Waals surface area contributed by atoms with Crippen LogP contribution in [-0.2, 0) is 0 Å². The van der Waals surface area contributed by atoms with Crippen molar-refractivity contribution in [1.82, 2.24) is 9.78 Å². The molecule has 0 aliphatic heterocycles. The van der Waals surface area contributed by atoms with Gasteiger partial charge >= 0.3 is 0 Å². The molecule has 1 aromatic heterocycles. The lowest BCUT2D eigenvalue weighted by atomic mass is 10.2. The highest BCUT2D eigenvalue weighted by Crippen LogP contribution is 2.19. The van der Waals surface area contributed by atoms with Crippen LogP contribution >= 0.6 is 27.5 Å². The van der Waals surface area contributed by atoms with Gasteiger partial charge in [-0.15, -0.1) is 0 Å². The summed E-state index contributed by atoms with van der Waals surface area (Å²) in [6.45, 7) is 1.87. The third kappa shape index (κ3) is 3.46. The number of carbonyl (C=O) groups is 1. The lowest BCUT2D eigenvalue weighted by Gasteiger charge is -2.07. The number of benzene rings is 2. The second kappa shape index (κ2) is 6.56. The Hall–Kier alpha value is -2.11. The molecule has 0 aliphatic carbocycles. The number of halogens is 2. The van der Waals surface area contributed by atoms with E-state index in [1.54, 1.807) is 35.1 Å². The van der Waals surface area contributed by atoms with Gasteiger partial charge < -0.3 is 5.32 Å². The summed E-state index contributed by atoms with van der Waals surface area (Å²) in [4.78, 5) is 12.4. The van der Waals surface area contributed by atoms with Gasteiger partial charge in [0.05, 0.1) is 23.1 Å². The summed E-state index contributed by atoms with van der Waals surface area (Å²) in [5.41, 5.74) is 2.90. The molecule has 3 rings (SSSR count). The van der Waals surface area contributed by atoms with E-state index in [4.69, 9.17) is 11.6 Å². The molecular weight excluding hydrogens is 378 g/mol. The highest BCUT2D eigenvalue weighted by atomic mass is 79.9. The van der Waals surface area contributed by atoms with E-state index in [-0.39, 0.29) is 5.91 Å². The van der Waals surface area contributed by atoms with Crippen molar-refractivity contribution in [3.63, 3.8) is 0 Å². The Morgan fingerprint density at radius 3 is 2.43 bits per heavy atom. The van der Waals surface area contributed by atoms with E-state index in [9.17, 15) is 4.79 Å². The Balaban J connectivity index is 1.85. The number of nitrogens with zero attached hydrogens (tertiary/aromatic N) is 2. The lowest BCUT2D eigenvalue weighted by molar-refractivity contribution is 0.102. The molecule has 0 spiro atoms. The minimum atomic E-state index is -0.201. The average Bonchev–Trinajstić information content (AvgIpc) is 2.92. The van der Waals surface area contributed by atoms with Crippen LogP contribution in [0.2, 0.25) is 5.02 Å². The van der Waals surface area contributed by atoms with Gasteiger partial charge in [-0.1, -0.05) is 27.5 Å². The van der Waals surface area contributed by atoms with Crippen molar-refractivity contribution in [2.75, 3.05) is 5.32 Å². The van der Waals surface area contributed by atoms with Gasteiger partial charge in [0.1, 0.15) is 0 Å². The van der Waals surface area contributed by atoms with Crippen molar-refractivity contribution in [1.29, 1.82) is 0 Å². The van der Waals surface area contributed by atoms with Gasteiger partial charge in [-0.25, -0.2) is 4.68 Å². The molecular formula is C17H13BrClN3O. The standard InChI is InChI=1S/C17H13BrClN3O/c1-11-16(17(23)21-14-6-4-13(19)5-7-14)10-20-22(11)15-8-2-12(18)3-9-15/h2-10H,1H3,(H,21,23). The third-order valence-corrected chi connectivity index (χ3v) is 4.21. The van der Waals surface area contributed by atoms with Gasteiger partial charge in [-0.2, -0.15) is 5.10 Å². The molecule has 1 amide bonds. The molecule has 3 aromatic rings. The zero-order valence-corrected chi connectivity index (χ0v) is 14.6. The molecule has 0 bridgehead atoms. The Morgan fingerprint density at radius 1 is 1.13 bits per heavy atom. The smallest absolute Gasteiger partial charge is 0.259 e. The second-order valence-corrected chi connectivity index (χ2v) is 6.35. The van der Waals surface area contributed by atoms with Crippen LogP contribution in [0, 0.1) is 6.92 Å². The van der Waals surface area contributed by atoms with Crippen molar-refractivity contribution in [2.24, 2.45) is 0 Å². The third-order valence-electron chi connectivity index (χ3n) is 3.43. The van der Waals surface area contributed by atoms with Crippen molar-refractivity contribution in [3.05, 3.63) is 75.5 Å². The fourth-order valence-corrected chi connectivity index (χ4v) is 2.60. The van der Waals surface area contributed by atoms with Crippen LogP contribution in [0.15, 0.2) is 59.2 Å². The summed E-state index contributed by atoms with van der Waals surface area (Å²) in [6, 6.07) is 14.7. The first-order chi connectivity index (χ1) is 11.0. The molecule has 23 heavy (non-hydrogen) atoms. The first kappa shape index (κ1) is 15.8. The largest absolute Gasteiger partial charge is 0.322 e. The number of carbonyl (C=O) groups excluding carboxylic acids is 1. The summed E-state index contributed by atoms with van der Waals surface area (Å²) in [5, 5.41) is 7.78. The number of amides is 1. The van der Waals surface area contributed by atoms with Crippen molar-refractivity contribution in [3.8, 4) is 5.69 Å². The quantitative estimate of drug-likeness (QED) is 0.695. The number of aromatic nitrogens is 2. The number of nitrogens with one attached hydrogen (secondary N) is 1. The highest BCUT2D eigenvalue weighted by Gasteiger charge is 2.15. The maximum Gasteiger partial charge on any atom is 0.259 e. The van der Waals surface area contributed by atoms with Gasteiger partial charge in [-0.05, 0) is 55.5 Å². The molecule has 0 unspecified atom stereocenters. The van der Waals surface area contributed by atoms with E-state index in [1.807, 2.05) is 31.2 Å². The number of anilines is 1. The molecule has 4 nitrogen and oxygen atoms in total. The van der Waals surface area contributed by atoms with Crippen LogP contribution in [0.5, 0.6) is 0 Å². The topological polar surface area (TPSA) is 46.9 Å². The monoisotopic (exact) mass is 389 g/mol. The molecule has 0 saturated heterocycles. The zero-order chi connectivity index (χ0) is 16.4. The molecule has 0 radical (unpaired) electrons. The van der Waals surface area contributed by atoms with E-state index in [0.717, 1.165) is 15.9 Å². The normalized spacial score (nSPS) is 10.6. The van der Waals surface area contributed by atoms with Gasteiger partial charge in [0, 0.05) is 15.2 Å². The molecule has 0 atom stereocenters. The maximum atomic E-state index is 12.4. The van der Waals surface area contributed by atoms with E-state index >= 15 is 0 Å². The molecule has 6 heteroatoms. The molecule has 1 heterocycles. The first-order valence-electron chi connectivity index (χ1n) is 6.92. The Morgan fingerprint density at radius 2 is 1.78 bits per heavy atom. The molecule has 116 valence electrons. The predicted molar refractivity (Wildman–Crippen MR) is 95.4 cm³/mol. The van der Waals surface area contributed by atoms with Crippen LogP contribution in [0.4, 0.5) is 5.69 Å². The Labute approximate surface area is 147 Å². The fourth-order valence-electron chi connectivity index (χ4n) is 2.21. The molecule has 0 aliphatic rings. The molecule has 1 N–H and O–H groups in total. The summed E-state index contributed by atoms with van der Waals surface area (Å²) >= 11 is 9.25. The van der Waals surface area contributed by atoms with Crippen LogP contribution in [0.1, 0.15) is 16.1 Å². The van der Waals surface area contributed by atoms with E-state index in [2.05, 4.69) is 26.3 Å².